The summed E-state index contributed by atoms with van der Waals surface area (Å²) >= 11 is 0. The Balaban J connectivity index is 1.39. The average Bonchev–Trinajstić information content (AvgIpc) is 3.39. The van der Waals surface area contributed by atoms with Crippen molar-refractivity contribution in [1.82, 2.24) is 20.4 Å². The Morgan fingerprint density at radius 2 is 1.93 bits per heavy atom. The van der Waals surface area contributed by atoms with Crippen molar-refractivity contribution in [2.75, 3.05) is 26.2 Å². The fourth-order valence-electron chi connectivity index (χ4n) is 3.08. The van der Waals surface area contributed by atoms with Crippen molar-refractivity contribution in [3.8, 4) is 17.1 Å². The van der Waals surface area contributed by atoms with Crippen LogP contribution in [0.4, 0.5) is 0 Å². The molecule has 1 aliphatic heterocycles. The van der Waals surface area contributed by atoms with Crippen molar-refractivity contribution in [2.45, 2.75) is 39.0 Å². The third kappa shape index (κ3) is 5.55. The Kier molecular flexibility index (Phi) is 7.00. The number of likely N-dealkylation sites (tertiary alicyclic amines) is 1. The van der Waals surface area contributed by atoms with Crippen LogP contribution in [0, 0.1) is 0 Å². The Morgan fingerprint density at radius 1 is 1.18 bits per heavy atom. The molecule has 1 N–H and O–H groups in total. The molecule has 28 heavy (non-hydrogen) atoms. The molecule has 0 spiro atoms. The van der Waals surface area contributed by atoms with Gasteiger partial charge in [-0.1, -0.05) is 5.16 Å². The van der Waals surface area contributed by atoms with E-state index in [1.165, 1.54) is 0 Å². The third-order valence-electron chi connectivity index (χ3n) is 4.58. The van der Waals surface area contributed by atoms with Gasteiger partial charge in [0.25, 0.3) is 0 Å². The van der Waals surface area contributed by atoms with Crippen molar-refractivity contribution in [2.24, 2.45) is 0 Å². The number of hydrogen-bond acceptors (Lipinski definition) is 6. The summed E-state index contributed by atoms with van der Waals surface area (Å²) in [6, 6.07) is 7.44. The maximum Gasteiger partial charge on any atom is 0.227 e. The van der Waals surface area contributed by atoms with Gasteiger partial charge in [0, 0.05) is 44.5 Å². The normalized spacial score (nSPS) is 13.5. The number of nitrogens with one attached hydrogen (secondary N) is 1. The molecule has 0 radical (unpaired) electrons. The lowest BCUT2D eigenvalue weighted by Crippen LogP contribution is -2.32. The van der Waals surface area contributed by atoms with Gasteiger partial charge in [-0.3, -0.25) is 9.59 Å². The zero-order chi connectivity index (χ0) is 19.8. The lowest BCUT2D eigenvalue weighted by Gasteiger charge is -2.15. The summed E-state index contributed by atoms with van der Waals surface area (Å²) in [4.78, 5) is 30.1. The van der Waals surface area contributed by atoms with Crippen LogP contribution in [0.2, 0.25) is 0 Å². The third-order valence-corrected chi connectivity index (χ3v) is 4.58. The maximum atomic E-state index is 12.0. The van der Waals surface area contributed by atoms with Crippen LogP contribution in [0.1, 0.15) is 38.5 Å². The Hall–Kier alpha value is -2.90. The first-order valence-electron chi connectivity index (χ1n) is 9.76. The molecule has 8 nitrogen and oxygen atoms in total. The number of ether oxygens (including phenoxy) is 1. The van der Waals surface area contributed by atoms with E-state index in [9.17, 15) is 9.59 Å². The highest BCUT2D eigenvalue weighted by atomic mass is 16.5. The van der Waals surface area contributed by atoms with Crippen molar-refractivity contribution in [3.63, 3.8) is 0 Å². The van der Waals surface area contributed by atoms with Crippen LogP contribution in [-0.4, -0.2) is 53.1 Å². The van der Waals surface area contributed by atoms with Crippen molar-refractivity contribution >= 4 is 11.8 Å². The number of carbonyl (C=O) groups excluding carboxylic acids is 2. The van der Waals surface area contributed by atoms with E-state index in [2.05, 4.69) is 15.5 Å². The van der Waals surface area contributed by atoms with Crippen LogP contribution >= 0.6 is 0 Å². The van der Waals surface area contributed by atoms with Crippen LogP contribution in [0.25, 0.3) is 11.4 Å². The highest BCUT2D eigenvalue weighted by Crippen LogP contribution is 2.20. The Morgan fingerprint density at radius 3 is 2.64 bits per heavy atom. The SMILES string of the molecule is CCOc1ccc(-c2noc(CCC(=O)NCCC(=O)N3CCCC3)n2)cc1. The molecule has 150 valence electrons. The Bertz CT molecular complexity index is 782. The van der Waals surface area contributed by atoms with Crippen LogP contribution < -0.4 is 10.1 Å². The van der Waals surface area contributed by atoms with Crippen LogP contribution in [0.3, 0.4) is 0 Å². The van der Waals surface area contributed by atoms with E-state index in [0.717, 1.165) is 37.2 Å². The van der Waals surface area contributed by atoms with E-state index in [-0.39, 0.29) is 18.2 Å². The molecular formula is C20H26N4O4. The number of rotatable bonds is 9. The van der Waals surface area contributed by atoms with Crippen LogP contribution in [-0.2, 0) is 16.0 Å². The average molecular weight is 386 g/mol. The van der Waals surface area contributed by atoms with Gasteiger partial charge in [-0.25, -0.2) is 0 Å². The molecule has 2 amide bonds. The smallest absolute Gasteiger partial charge is 0.227 e. The van der Waals surface area contributed by atoms with Gasteiger partial charge in [-0.2, -0.15) is 4.98 Å². The van der Waals surface area contributed by atoms with E-state index in [4.69, 9.17) is 9.26 Å². The van der Waals surface area contributed by atoms with Gasteiger partial charge in [-0.05, 0) is 44.0 Å². The van der Waals surface area contributed by atoms with E-state index in [1.54, 1.807) is 0 Å². The number of carbonyl (C=O) groups is 2. The minimum atomic E-state index is -0.130. The minimum Gasteiger partial charge on any atom is -0.494 e. The molecule has 1 aromatic heterocycles. The molecule has 1 aliphatic rings. The first-order chi connectivity index (χ1) is 13.7. The number of aromatic nitrogens is 2. The van der Waals surface area contributed by atoms with Gasteiger partial charge in [0.15, 0.2) is 0 Å². The summed E-state index contributed by atoms with van der Waals surface area (Å²) in [5.74, 6) is 1.65. The van der Waals surface area contributed by atoms with Gasteiger partial charge in [-0.15, -0.1) is 0 Å². The summed E-state index contributed by atoms with van der Waals surface area (Å²) in [5, 5.41) is 6.73. The van der Waals surface area contributed by atoms with E-state index >= 15 is 0 Å². The monoisotopic (exact) mass is 386 g/mol. The number of hydrogen-bond donors (Lipinski definition) is 1. The van der Waals surface area contributed by atoms with Crippen LogP contribution in [0.5, 0.6) is 5.75 Å². The maximum absolute atomic E-state index is 12.0. The van der Waals surface area contributed by atoms with Crippen molar-refractivity contribution in [3.05, 3.63) is 30.2 Å². The molecule has 1 saturated heterocycles. The molecule has 0 aliphatic carbocycles. The largest absolute Gasteiger partial charge is 0.494 e. The molecule has 2 heterocycles. The molecule has 1 fully saturated rings. The van der Waals surface area contributed by atoms with E-state index in [1.807, 2.05) is 36.1 Å². The Labute approximate surface area is 164 Å². The quantitative estimate of drug-likeness (QED) is 0.709. The zero-order valence-electron chi connectivity index (χ0n) is 16.1. The second-order valence-electron chi connectivity index (χ2n) is 6.66. The van der Waals surface area contributed by atoms with Crippen LogP contribution in [0.15, 0.2) is 28.8 Å². The highest BCUT2D eigenvalue weighted by Gasteiger charge is 2.17. The number of aryl methyl sites for hydroxylation is 1. The number of nitrogens with zero attached hydrogens (tertiary/aromatic N) is 3. The number of benzene rings is 1. The van der Waals surface area contributed by atoms with Crippen molar-refractivity contribution in [1.29, 1.82) is 0 Å². The van der Waals surface area contributed by atoms with Gasteiger partial charge in [0.1, 0.15) is 5.75 Å². The summed E-state index contributed by atoms with van der Waals surface area (Å²) in [6.07, 6.45) is 3.08. The fraction of sp³-hybridized carbons (Fsp3) is 0.500. The van der Waals surface area contributed by atoms with Gasteiger partial charge >= 0.3 is 0 Å². The summed E-state index contributed by atoms with van der Waals surface area (Å²) in [6.45, 7) is 4.57. The predicted molar refractivity (Wildman–Crippen MR) is 103 cm³/mol. The van der Waals surface area contributed by atoms with Gasteiger partial charge in [0.05, 0.1) is 6.61 Å². The second kappa shape index (κ2) is 9.87. The van der Waals surface area contributed by atoms with Gasteiger partial charge < -0.3 is 19.5 Å². The summed E-state index contributed by atoms with van der Waals surface area (Å²) < 4.78 is 10.6. The lowest BCUT2D eigenvalue weighted by atomic mass is 10.2. The first kappa shape index (κ1) is 19.9. The van der Waals surface area contributed by atoms with Gasteiger partial charge in [0.2, 0.25) is 23.5 Å². The molecule has 0 saturated carbocycles. The standard InChI is InChI=1S/C20H26N4O4/c1-2-27-16-7-5-15(6-8-16)20-22-18(28-23-20)10-9-17(25)21-12-11-19(26)24-13-3-4-14-24/h5-8H,2-4,9-14H2,1H3,(H,21,25). The first-order valence-corrected chi connectivity index (χ1v) is 9.76. The minimum absolute atomic E-state index is 0.106. The lowest BCUT2D eigenvalue weighted by molar-refractivity contribution is -0.130. The molecular weight excluding hydrogens is 360 g/mol. The summed E-state index contributed by atoms with van der Waals surface area (Å²) in [5.41, 5.74) is 0.823. The zero-order valence-corrected chi connectivity index (χ0v) is 16.1. The molecule has 3 rings (SSSR count). The summed E-state index contributed by atoms with van der Waals surface area (Å²) in [7, 11) is 0. The second-order valence-corrected chi connectivity index (χ2v) is 6.66. The predicted octanol–water partition coefficient (Wildman–Crippen LogP) is 2.20. The van der Waals surface area contributed by atoms with E-state index in [0.29, 0.717) is 37.7 Å². The molecule has 2 aromatic rings. The topological polar surface area (TPSA) is 97.6 Å². The molecule has 0 atom stereocenters. The highest BCUT2D eigenvalue weighted by molar-refractivity contribution is 5.79. The molecule has 1 aromatic carbocycles. The van der Waals surface area contributed by atoms with E-state index < -0.39 is 0 Å². The number of amides is 2. The fourth-order valence-corrected chi connectivity index (χ4v) is 3.08. The van der Waals surface area contributed by atoms with Crippen molar-refractivity contribution < 1.29 is 18.8 Å². The molecule has 8 heteroatoms. The molecule has 0 unspecified atom stereocenters. The molecule has 0 bridgehead atoms.